The maximum atomic E-state index is 8.89. The van der Waals surface area contributed by atoms with Crippen LogP contribution in [0.15, 0.2) is 0 Å². The van der Waals surface area contributed by atoms with Gasteiger partial charge < -0.3 is 26.0 Å². The van der Waals surface area contributed by atoms with Crippen molar-refractivity contribution < 1.29 is 53.9 Å². The van der Waals surface area contributed by atoms with Crippen molar-refractivity contribution in [2.24, 2.45) is 0 Å². The van der Waals surface area contributed by atoms with Crippen LogP contribution in [0.25, 0.3) is 0 Å². The smallest absolute Gasteiger partial charge is 0.550 e. The van der Waals surface area contributed by atoms with E-state index in [2.05, 4.69) is 0 Å². The van der Waals surface area contributed by atoms with Gasteiger partial charge in [0.1, 0.15) is 0 Å². The summed E-state index contributed by atoms with van der Waals surface area (Å²) in [7, 11) is 0. The molecule has 0 aromatic rings. The zero-order chi connectivity index (χ0) is 7.15. The van der Waals surface area contributed by atoms with Crippen molar-refractivity contribution in [3.05, 3.63) is 0 Å². The second-order valence-corrected chi connectivity index (χ2v) is 0.983. The number of carbonyl (C=O) groups is 2. The predicted octanol–water partition coefficient (Wildman–Crippen LogP) is -2.33. The topological polar surface area (TPSA) is 115 Å². The normalized spacial score (nSPS) is 4.55. The van der Waals surface area contributed by atoms with E-state index >= 15 is 0 Å². The van der Waals surface area contributed by atoms with Gasteiger partial charge in [0.15, 0.2) is 0 Å². The third-order valence-corrected chi connectivity index (χ3v) is 0. The molecule has 5 nitrogen and oxygen atoms in total. The number of rotatable bonds is 0. The molecule has 0 bridgehead atoms. The first kappa shape index (κ1) is 30.6. The van der Waals surface area contributed by atoms with Crippen LogP contribution in [-0.4, -0.2) is 11.9 Å². The van der Waals surface area contributed by atoms with E-state index in [1.165, 1.54) is 0 Å². The fourth-order valence-corrected chi connectivity index (χ4v) is 0. The van der Waals surface area contributed by atoms with Crippen molar-refractivity contribution in [1.29, 1.82) is 0 Å². The standard InChI is InChI=1S/2C2H4O2.2Cu.H3N/c2*1-2(3)4;;;/h2*1H3,(H,3,4);;;1H3/q;;2*+2;/p-2. The fourth-order valence-electron chi connectivity index (χ4n) is 0. The summed E-state index contributed by atoms with van der Waals surface area (Å²) in [6.45, 7) is 1.94. The van der Waals surface area contributed by atoms with E-state index in [1.807, 2.05) is 0 Å². The minimum atomic E-state index is -1.08. The Morgan fingerprint density at radius 1 is 0.909 bits per heavy atom. The Bertz CT molecular complexity index is 78.1. The molecule has 3 N–H and O–H groups in total. The Morgan fingerprint density at radius 2 is 0.909 bits per heavy atom. The maximum Gasteiger partial charge on any atom is 2.00 e. The maximum absolute atomic E-state index is 8.89. The number of hydrogen-bond donors (Lipinski definition) is 1. The van der Waals surface area contributed by atoms with Crippen LogP contribution >= 0.6 is 0 Å². The monoisotopic (exact) mass is 261 g/mol. The number of aliphatic carboxylic acids is 2. The van der Waals surface area contributed by atoms with E-state index in [9.17, 15) is 0 Å². The van der Waals surface area contributed by atoms with Crippen LogP contribution in [0.2, 0.25) is 0 Å². The minimum absolute atomic E-state index is 0. The van der Waals surface area contributed by atoms with Gasteiger partial charge >= 0.3 is 34.1 Å². The number of hydrogen-bond acceptors (Lipinski definition) is 5. The van der Waals surface area contributed by atoms with E-state index in [-0.39, 0.29) is 40.3 Å². The van der Waals surface area contributed by atoms with Gasteiger partial charge in [-0.3, -0.25) is 0 Å². The van der Waals surface area contributed by atoms with Crippen molar-refractivity contribution >= 4 is 11.9 Å². The van der Waals surface area contributed by atoms with Crippen molar-refractivity contribution in [3.63, 3.8) is 0 Å². The summed E-state index contributed by atoms with van der Waals surface area (Å²) in [4.78, 5) is 17.8. The van der Waals surface area contributed by atoms with Crippen LogP contribution in [-0.2, 0) is 43.7 Å². The molecule has 74 valence electrons. The largest absolute Gasteiger partial charge is 2.00 e. The number of carbonyl (C=O) groups excluding carboxylic acids is 2. The van der Waals surface area contributed by atoms with Crippen LogP contribution in [0.1, 0.15) is 13.8 Å². The molecule has 0 saturated heterocycles. The number of carboxylic acid groups (broad SMARTS) is 2. The molecule has 7 heteroatoms. The molecule has 11 heavy (non-hydrogen) atoms. The molecule has 0 aromatic carbocycles. The fraction of sp³-hybridized carbons (Fsp3) is 0.500. The molecule has 0 aliphatic carbocycles. The average molecular weight is 262 g/mol. The van der Waals surface area contributed by atoms with Crippen LogP contribution in [0.4, 0.5) is 0 Å². The summed E-state index contributed by atoms with van der Waals surface area (Å²) in [5.41, 5.74) is 0. The molecule has 0 aliphatic heterocycles. The Labute approximate surface area is 86.1 Å². The molecule has 0 aromatic heterocycles. The van der Waals surface area contributed by atoms with Crippen molar-refractivity contribution in [2.45, 2.75) is 13.8 Å². The second-order valence-electron chi connectivity index (χ2n) is 0.983. The quantitative estimate of drug-likeness (QED) is 0.491. The van der Waals surface area contributed by atoms with Crippen molar-refractivity contribution in [2.75, 3.05) is 0 Å². The van der Waals surface area contributed by atoms with Crippen LogP contribution in [0, 0.1) is 0 Å². The van der Waals surface area contributed by atoms with E-state index in [0.717, 1.165) is 13.8 Å². The Hall–Kier alpha value is -0.0610. The SMILES string of the molecule is CC(=O)[O-].CC(=O)[O-].N.[Cu+2].[Cu+2]. The second kappa shape index (κ2) is 22.5. The molecule has 0 unspecified atom stereocenters. The van der Waals surface area contributed by atoms with E-state index in [0.29, 0.717) is 0 Å². The molecule has 0 spiro atoms. The van der Waals surface area contributed by atoms with E-state index in [1.54, 1.807) is 0 Å². The zero-order valence-corrected chi connectivity index (χ0v) is 7.83. The first-order valence-corrected chi connectivity index (χ1v) is 1.82. The summed E-state index contributed by atoms with van der Waals surface area (Å²) in [6, 6.07) is 0. The van der Waals surface area contributed by atoms with Crippen LogP contribution in [0.3, 0.4) is 0 Å². The first-order valence-electron chi connectivity index (χ1n) is 1.82. The summed E-state index contributed by atoms with van der Waals surface area (Å²) < 4.78 is 0. The van der Waals surface area contributed by atoms with Gasteiger partial charge in [-0.1, -0.05) is 0 Å². The molecule has 2 radical (unpaired) electrons. The summed E-state index contributed by atoms with van der Waals surface area (Å²) in [5, 5.41) is 17.8. The Balaban J connectivity index is -0.0000000171. The predicted molar refractivity (Wildman–Crippen MR) is 26.4 cm³/mol. The third-order valence-electron chi connectivity index (χ3n) is 0. The molecular weight excluding hydrogens is 253 g/mol. The molecule has 0 amide bonds. The molecule has 0 fully saturated rings. The Kier molecular flexibility index (Phi) is 62.7. The summed E-state index contributed by atoms with van der Waals surface area (Å²) in [5.74, 6) is -2.17. The van der Waals surface area contributed by atoms with E-state index < -0.39 is 11.9 Å². The van der Waals surface area contributed by atoms with Gasteiger partial charge in [-0.15, -0.1) is 0 Å². The summed E-state index contributed by atoms with van der Waals surface area (Å²) in [6.07, 6.45) is 0. The first-order chi connectivity index (χ1) is 3.46. The molecule has 0 atom stereocenters. The molecule has 0 saturated carbocycles. The molecule has 0 aliphatic rings. The van der Waals surface area contributed by atoms with Crippen LogP contribution < -0.4 is 16.4 Å². The van der Waals surface area contributed by atoms with Gasteiger partial charge in [0, 0.05) is 11.9 Å². The van der Waals surface area contributed by atoms with Crippen molar-refractivity contribution in [3.8, 4) is 0 Å². The van der Waals surface area contributed by atoms with Gasteiger partial charge in [-0.25, -0.2) is 0 Å². The van der Waals surface area contributed by atoms with Gasteiger partial charge in [0.25, 0.3) is 0 Å². The third kappa shape index (κ3) is 168000. The van der Waals surface area contributed by atoms with E-state index in [4.69, 9.17) is 19.8 Å². The van der Waals surface area contributed by atoms with Gasteiger partial charge in [-0.2, -0.15) is 0 Å². The van der Waals surface area contributed by atoms with Gasteiger partial charge in [-0.05, 0) is 13.8 Å². The molecule has 0 heterocycles. The summed E-state index contributed by atoms with van der Waals surface area (Å²) >= 11 is 0. The Morgan fingerprint density at radius 3 is 0.909 bits per heavy atom. The minimum Gasteiger partial charge on any atom is -0.550 e. The van der Waals surface area contributed by atoms with Crippen LogP contribution in [0.5, 0.6) is 0 Å². The zero-order valence-electron chi connectivity index (χ0n) is 5.94. The molecule has 0 rings (SSSR count). The average Bonchev–Trinajstić information content (AvgIpc) is 1.25. The van der Waals surface area contributed by atoms with Crippen molar-refractivity contribution in [1.82, 2.24) is 6.15 Å². The van der Waals surface area contributed by atoms with Gasteiger partial charge in [0.2, 0.25) is 0 Å². The molecular formula is C4H9Cu2NO4+2. The number of carboxylic acids is 2. The van der Waals surface area contributed by atoms with Gasteiger partial charge in [0.05, 0.1) is 0 Å².